The fourth-order valence-corrected chi connectivity index (χ4v) is 3.76. The van der Waals surface area contributed by atoms with E-state index in [-0.39, 0.29) is 0 Å². The molecule has 0 spiro atoms. The molecule has 29 heavy (non-hydrogen) atoms. The van der Waals surface area contributed by atoms with Crippen LogP contribution in [0.25, 0.3) is 11.2 Å². The Morgan fingerprint density at radius 2 is 1.72 bits per heavy atom. The largest absolute Gasteiger partial charge is 0.410 e. The first kappa shape index (κ1) is 18.9. The van der Waals surface area contributed by atoms with Gasteiger partial charge in [-0.2, -0.15) is 0 Å². The van der Waals surface area contributed by atoms with E-state index in [9.17, 15) is 5.21 Å². The molecule has 0 saturated carbocycles. The number of oxime groups is 1. The number of pyridine rings is 1. The van der Waals surface area contributed by atoms with Crippen molar-refractivity contribution in [1.29, 1.82) is 0 Å². The van der Waals surface area contributed by atoms with Crippen LogP contribution in [0.4, 0.5) is 0 Å². The summed E-state index contributed by atoms with van der Waals surface area (Å²) in [6.07, 6.45) is 0.835. The molecule has 0 atom stereocenters. The average Bonchev–Trinajstić information content (AvgIpc) is 3.07. The topological polar surface area (TPSA) is 63.3 Å². The third-order valence-corrected chi connectivity index (χ3v) is 5.11. The molecular formula is C24H24N4O. The first-order valence-electron chi connectivity index (χ1n) is 9.81. The van der Waals surface area contributed by atoms with Crippen molar-refractivity contribution in [2.45, 2.75) is 33.7 Å². The Labute approximate surface area is 170 Å². The van der Waals surface area contributed by atoms with Gasteiger partial charge in [-0.25, -0.2) is 9.97 Å². The monoisotopic (exact) mass is 384 g/mol. The molecule has 4 aromatic rings. The summed E-state index contributed by atoms with van der Waals surface area (Å²) in [6.45, 7) is 6.87. The highest BCUT2D eigenvalue weighted by atomic mass is 16.4. The standard InChI is InChI=1S/C24H24N4O/c1-4-21-26-22-16(2)13-17(3)25-24(22)28(21)15-18-9-8-12-20(14-18)23(27-29)19-10-6-5-7-11-19/h5-14,29H,4,15H2,1-3H3/b27-23-. The van der Waals surface area contributed by atoms with Crippen molar-refractivity contribution >= 4 is 16.9 Å². The zero-order valence-electron chi connectivity index (χ0n) is 16.9. The summed E-state index contributed by atoms with van der Waals surface area (Å²) in [5, 5.41) is 13.2. The molecule has 5 heteroatoms. The lowest BCUT2D eigenvalue weighted by atomic mass is 10.0. The van der Waals surface area contributed by atoms with Crippen molar-refractivity contribution < 1.29 is 5.21 Å². The number of aromatic nitrogens is 3. The van der Waals surface area contributed by atoms with E-state index in [1.165, 1.54) is 0 Å². The Morgan fingerprint density at radius 3 is 2.45 bits per heavy atom. The molecule has 1 N–H and O–H groups in total. The van der Waals surface area contributed by atoms with E-state index in [1.54, 1.807) is 0 Å². The Kier molecular flexibility index (Phi) is 5.12. The molecular weight excluding hydrogens is 360 g/mol. The lowest BCUT2D eigenvalue weighted by molar-refractivity contribution is 0.319. The molecule has 146 valence electrons. The molecule has 0 radical (unpaired) electrons. The van der Waals surface area contributed by atoms with Gasteiger partial charge in [0, 0.05) is 23.2 Å². The number of imidazole rings is 1. The number of hydrogen-bond acceptors (Lipinski definition) is 4. The number of rotatable bonds is 5. The fraction of sp³-hybridized carbons (Fsp3) is 0.208. The van der Waals surface area contributed by atoms with Crippen LogP contribution in [0.15, 0.2) is 65.8 Å². The van der Waals surface area contributed by atoms with E-state index >= 15 is 0 Å². The molecule has 0 bridgehead atoms. The molecule has 0 aliphatic rings. The van der Waals surface area contributed by atoms with Gasteiger partial charge in [-0.05, 0) is 37.1 Å². The van der Waals surface area contributed by atoms with Crippen LogP contribution in [0.5, 0.6) is 0 Å². The fourth-order valence-electron chi connectivity index (χ4n) is 3.76. The lowest BCUT2D eigenvalue weighted by Gasteiger charge is -2.11. The summed E-state index contributed by atoms with van der Waals surface area (Å²) in [7, 11) is 0. The Bertz CT molecular complexity index is 1190. The summed E-state index contributed by atoms with van der Waals surface area (Å²) in [4.78, 5) is 9.59. The minimum absolute atomic E-state index is 0.559. The molecule has 5 nitrogen and oxygen atoms in total. The van der Waals surface area contributed by atoms with Gasteiger partial charge in [0.25, 0.3) is 0 Å². The van der Waals surface area contributed by atoms with Crippen LogP contribution in [0.2, 0.25) is 0 Å². The summed E-state index contributed by atoms with van der Waals surface area (Å²) in [5.74, 6) is 1.02. The van der Waals surface area contributed by atoms with E-state index < -0.39 is 0 Å². The lowest BCUT2D eigenvalue weighted by Crippen LogP contribution is -2.08. The van der Waals surface area contributed by atoms with Gasteiger partial charge in [0.15, 0.2) is 5.65 Å². The van der Waals surface area contributed by atoms with Crippen molar-refractivity contribution in [3.05, 3.63) is 94.4 Å². The van der Waals surface area contributed by atoms with Gasteiger partial charge in [-0.3, -0.25) is 0 Å². The molecule has 0 unspecified atom stereocenters. The van der Waals surface area contributed by atoms with Crippen molar-refractivity contribution in [2.24, 2.45) is 5.16 Å². The average molecular weight is 384 g/mol. The highest BCUT2D eigenvalue weighted by molar-refractivity contribution is 6.12. The van der Waals surface area contributed by atoms with Gasteiger partial charge in [0.1, 0.15) is 17.1 Å². The first-order chi connectivity index (χ1) is 14.1. The number of aryl methyl sites for hydroxylation is 3. The number of nitrogens with zero attached hydrogens (tertiary/aromatic N) is 4. The molecule has 0 amide bonds. The van der Waals surface area contributed by atoms with E-state index in [0.717, 1.165) is 51.4 Å². The second-order valence-corrected chi connectivity index (χ2v) is 7.24. The normalized spacial score (nSPS) is 11.9. The molecule has 0 aliphatic heterocycles. The Morgan fingerprint density at radius 1 is 0.966 bits per heavy atom. The highest BCUT2D eigenvalue weighted by Crippen LogP contribution is 2.22. The quantitative estimate of drug-likeness (QED) is 0.303. The summed E-state index contributed by atoms with van der Waals surface area (Å²) < 4.78 is 2.19. The maximum atomic E-state index is 9.63. The predicted octanol–water partition coefficient (Wildman–Crippen LogP) is 4.89. The van der Waals surface area contributed by atoms with E-state index in [2.05, 4.69) is 41.8 Å². The maximum Gasteiger partial charge on any atom is 0.160 e. The van der Waals surface area contributed by atoms with Crippen molar-refractivity contribution in [2.75, 3.05) is 0 Å². The Hall–Kier alpha value is -3.47. The van der Waals surface area contributed by atoms with Crippen LogP contribution >= 0.6 is 0 Å². The van der Waals surface area contributed by atoms with Gasteiger partial charge >= 0.3 is 0 Å². The van der Waals surface area contributed by atoms with Gasteiger partial charge in [0.2, 0.25) is 0 Å². The Balaban J connectivity index is 1.76. The minimum atomic E-state index is 0.559. The van der Waals surface area contributed by atoms with Crippen LogP contribution in [0, 0.1) is 13.8 Å². The zero-order valence-corrected chi connectivity index (χ0v) is 16.9. The second-order valence-electron chi connectivity index (χ2n) is 7.24. The second kappa shape index (κ2) is 7.87. The third kappa shape index (κ3) is 3.63. The predicted molar refractivity (Wildman–Crippen MR) is 116 cm³/mol. The summed E-state index contributed by atoms with van der Waals surface area (Å²) in [5.41, 5.74) is 7.44. The molecule has 2 aromatic carbocycles. The zero-order chi connectivity index (χ0) is 20.4. The van der Waals surface area contributed by atoms with E-state index in [0.29, 0.717) is 12.3 Å². The van der Waals surface area contributed by atoms with Gasteiger partial charge < -0.3 is 9.77 Å². The SMILES string of the molecule is CCc1nc2c(C)cc(C)nc2n1Cc1cccc(/C(=N\O)c2ccccc2)c1. The summed E-state index contributed by atoms with van der Waals surface area (Å²) in [6, 6.07) is 19.9. The van der Waals surface area contributed by atoms with Crippen molar-refractivity contribution in [1.82, 2.24) is 14.5 Å². The van der Waals surface area contributed by atoms with E-state index in [4.69, 9.17) is 9.97 Å². The molecule has 0 saturated heterocycles. The molecule has 2 aromatic heterocycles. The molecule has 0 aliphatic carbocycles. The van der Waals surface area contributed by atoms with Crippen molar-refractivity contribution in [3.8, 4) is 0 Å². The smallest absolute Gasteiger partial charge is 0.160 e. The molecule has 2 heterocycles. The van der Waals surface area contributed by atoms with Gasteiger partial charge in [-0.1, -0.05) is 60.6 Å². The molecule has 0 fully saturated rings. The van der Waals surface area contributed by atoms with Gasteiger partial charge in [-0.15, -0.1) is 0 Å². The van der Waals surface area contributed by atoms with Gasteiger partial charge in [0.05, 0.1) is 6.54 Å². The first-order valence-corrected chi connectivity index (χ1v) is 9.81. The molecule has 4 rings (SSSR count). The van der Waals surface area contributed by atoms with Crippen LogP contribution in [-0.4, -0.2) is 25.5 Å². The minimum Gasteiger partial charge on any atom is -0.410 e. The van der Waals surface area contributed by atoms with Crippen LogP contribution < -0.4 is 0 Å². The number of fused-ring (bicyclic) bond motifs is 1. The van der Waals surface area contributed by atoms with Crippen LogP contribution in [-0.2, 0) is 13.0 Å². The van der Waals surface area contributed by atoms with Crippen molar-refractivity contribution in [3.63, 3.8) is 0 Å². The maximum absolute atomic E-state index is 9.63. The van der Waals surface area contributed by atoms with E-state index in [1.807, 2.05) is 49.4 Å². The van der Waals surface area contributed by atoms with Crippen LogP contribution in [0.1, 0.15) is 40.7 Å². The number of hydrogen-bond donors (Lipinski definition) is 1. The highest BCUT2D eigenvalue weighted by Gasteiger charge is 2.15. The van der Waals surface area contributed by atoms with Crippen LogP contribution in [0.3, 0.4) is 0 Å². The number of benzene rings is 2. The third-order valence-electron chi connectivity index (χ3n) is 5.11. The summed E-state index contributed by atoms with van der Waals surface area (Å²) >= 11 is 0.